The summed E-state index contributed by atoms with van der Waals surface area (Å²) in [6.45, 7) is 4.72. The van der Waals surface area contributed by atoms with Crippen LogP contribution in [0.4, 0.5) is 17.1 Å². The average molecular weight is 369 g/mol. The van der Waals surface area contributed by atoms with Crippen LogP contribution >= 0.6 is 0 Å². The van der Waals surface area contributed by atoms with Crippen molar-refractivity contribution < 1.29 is 28.9 Å². The first-order valence-corrected chi connectivity index (χ1v) is 7.57. The summed E-state index contributed by atoms with van der Waals surface area (Å²) in [4.78, 5) is 31.0. The number of nitrogens with zero attached hydrogens (tertiary/aromatic N) is 2. The van der Waals surface area contributed by atoms with Crippen molar-refractivity contribution in [2.75, 3.05) is 44.9 Å². The number of nitro groups is 2. The molecule has 0 unspecified atom stereocenters. The van der Waals surface area contributed by atoms with Crippen molar-refractivity contribution in [1.82, 2.24) is 0 Å². The molecular formula is C15H19N3O8. The van der Waals surface area contributed by atoms with E-state index < -0.39 is 15.8 Å². The monoisotopic (exact) mass is 369 g/mol. The molecule has 1 N–H and O–H groups in total. The number of hydrogen-bond donors (Lipinski definition) is 1. The van der Waals surface area contributed by atoms with Gasteiger partial charge in [-0.25, -0.2) is 4.79 Å². The molecule has 0 saturated heterocycles. The molecule has 0 heterocycles. The van der Waals surface area contributed by atoms with Crippen LogP contribution in [0.1, 0.15) is 0 Å². The Balaban J connectivity index is 2.22. The van der Waals surface area contributed by atoms with Gasteiger partial charge in [-0.05, 0) is 6.07 Å². The molecule has 0 aliphatic carbocycles. The summed E-state index contributed by atoms with van der Waals surface area (Å²) in [7, 11) is 0. The second-order valence-corrected chi connectivity index (χ2v) is 4.74. The predicted octanol–water partition coefficient (Wildman–Crippen LogP) is 1.68. The van der Waals surface area contributed by atoms with E-state index in [1.807, 2.05) is 0 Å². The Hall–Kier alpha value is -3.05. The summed E-state index contributed by atoms with van der Waals surface area (Å²) in [6.07, 6.45) is 1.06. The molecule has 1 rings (SSSR count). The molecule has 0 fully saturated rings. The number of anilines is 1. The van der Waals surface area contributed by atoms with E-state index in [1.165, 1.54) is 12.1 Å². The third-order valence-corrected chi connectivity index (χ3v) is 2.96. The maximum atomic E-state index is 11.0. The highest BCUT2D eigenvalue weighted by Crippen LogP contribution is 2.28. The van der Waals surface area contributed by atoms with E-state index in [9.17, 15) is 25.0 Å². The highest BCUT2D eigenvalue weighted by atomic mass is 16.6. The smallest absolute Gasteiger partial charge is 0.330 e. The highest BCUT2D eigenvalue weighted by Gasteiger charge is 2.18. The van der Waals surface area contributed by atoms with Crippen molar-refractivity contribution in [3.63, 3.8) is 0 Å². The van der Waals surface area contributed by atoms with Crippen molar-refractivity contribution in [3.8, 4) is 0 Å². The fourth-order valence-corrected chi connectivity index (χ4v) is 1.77. The first-order chi connectivity index (χ1) is 12.5. The number of benzene rings is 1. The first-order valence-electron chi connectivity index (χ1n) is 7.57. The minimum absolute atomic E-state index is 0.121. The van der Waals surface area contributed by atoms with Gasteiger partial charge in [0.25, 0.3) is 11.4 Å². The van der Waals surface area contributed by atoms with Gasteiger partial charge in [-0.3, -0.25) is 20.2 Å². The van der Waals surface area contributed by atoms with Crippen molar-refractivity contribution in [3.05, 3.63) is 51.1 Å². The van der Waals surface area contributed by atoms with E-state index in [-0.39, 0.29) is 43.4 Å². The average Bonchev–Trinajstić information content (AvgIpc) is 2.62. The topological polar surface area (TPSA) is 143 Å². The summed E-state index contributed by atoms with van der Waals surface area (Å²) in [5.41, 5.74) is -0.560. The van der Waals surface area contributed by atoms with Gasteiger partial charge in [0.05, 0.1) is 42.3 Å². The lowest BCUT2D eigenvalue weighted by Crippen LogP contribution is -2.15. The quantitative estimate of drug-likeness (QED) is 0.180. The molecule has 11 heteroatoms. The van der Waals surface area contributed by atoms with Gasteiger partial charge in [-0.1, -0.05) is 6.58 Å². The molecule has 0 spiro atoms. The molecule has 1 aromatic rings. The first kappa shape index (κ1) is 21.0. The second-order valence-electron chi connectivity index (χ2n) is 4.74. The molecule has 0 bridgehead atoms. The highest BCUT2D eigenvalue weighted by molar-refractivity contribution is 5.81. The number of nitro benzene ring substituents is 2. The maximum Gasteiger partial charge on any atom is 0.330 e. The molecule has 26 heavy (non-hydrogen) atoms. The molecule has 0 amide bonds. The van der Waals surface area contributed by atoms with Gasteiger partial charge in [0, 0.05) is 18.7 Å². The molecule has 142 valence electrons. The summed E-state index contributed by atoms with van der Waals surface area (Å²) in [5.74, 6) is -0.517. The SMILES string of the molecule is C=CC(=O)OCCOCCOCCNc1ccc([N+](=O)[O-])cc1[N+](=O)[O-]. The summed E-state index contributed by atoms with van der Waals surface area (Å²) >= 11 is 0. The van der Waals surface area contributed by atoms with Gasteiger partial charge in [-0.2, -0.15) is 0 Å². The minimum atomic E-state index is -0.696. The van der Waals surface area contributed by atoms with Crippen LogP contribution in [0.3, 0.4) is 0 Å². The van der Waals surface area contributed by atoms with Crippen LogP contribution in [-0.4, -0.2) is 55.4 Å². The van der Waals surface area contributed by atoms with Gasteiger partial charge in [-0.15, -0.1) is 0 Å². The van der Waals surface area contributed by atoms with Gasteiger partial charge in [0.1, 0.15) is 12.3 Å². The molecule has 0 atom stereocenters. The van der Waals surface area contributed by atoms with E-state index in [4.69, 9.17) is 14.2 Å². The Morgan fingerprint density at radius 2 is 1.73 bits per heavy atom. The zero-order valence-electron chi connectivity index (χ0n) is 13.9. The maximum absolute atomic E-state index is 11.0. The fraction of sp³-hybridized carbons (Fsp3) is 0.400. The number of nitrogens with one attached hydrogen (secondary N) is 1. The third kappa shape index (κ3) is 7.68. The number of rotatable bonds is 13. The van der Waals surface area contributed by atoms with Gasteiger partial charge in [0.15, 0.2) is 0 Å². The molecule has 0 aliphatic heterocycles. The Morgan fingerprint density at radius 1 is 1.08 bits per heavy atom. The van der Waals surface area contributed by atoms with Crippen molar-refractivity contribution in [2.45, 2.75) is 0 Å². The minimum Gasteiger partial charge on any atom is -0.460 e. The number of esters is 1. The Kier molecular flexibility index (Phi) is 9.28. The number of ether oxygens (including phenoxy) is 3. The van der Waals surface area contributed by atoms with Crippen LogP contribution in [0.25, 0.3) is 0 Å². The molecule has 0 aliphatic rings. The zero-order valence-corrected chi connectivity index (χ0v) is 13.9. The van der Waals surface area contributed by atoms with Gasteiger partial charge >= 0.3 is 5.97 Å². The van der Waals surface area contributed by atoms with Crippen LogP contribution in [0.2, 0.25) is 0 Å². The Labute approximate surface area is 148 Å². The third-order valence-electron chi connectivity index (χ3n) is 2.96. The van der Waals surface area contributed by atoms with E-state index in [0.29, 0.717) is 13.2 Å². The van der Waals surface area contributed by atoms with Crippen LogP contribution in [0.5, 0.6) is 0 Å². The lowest BCUT2D eigenvalue weighted by atomic mass is 10.2. The summed E-state index contributed by atoms with van der Waals surface area (Å²) in [5, 5.41) is 24.4. The summed E-state index contributed by atoms with van der Waals surface area (Å²) < 4.78 is 15.2. The standard InChI is InChI=1S/C15H19N3O8/c1-2-15(19)26-10-9-25-8-7-24-6-5-16-13-4-3-12(17(20)21)11-14(13)18(22)23/h2-4,11,16H,1,5-10H2. The Morgan fingerprint density at radius 3 is 2.35 bits per heavy atom. The van der Waals surface area contributed by atoms with E-state index >= 15 is 0 Å². The second kappa shape index (κ2) is 11.5. The van der Waals surface area contributed by atoms with Crippen LogP contribution in [0.15, 0.2) is 30.9 Å². The van der Waals surface area contributed by atoms with Crippen LogP contribution < -0.4 is 5.32 Å². The number of carbonyl (C=O) groups is 1. The van der Waals surface area contributed by atoms with Gasteiger partial charge in [0.2, 0.25) is 0 Å². The number of carbonyl (C=O) groups excluding carboxylic acids is 1. The van der Waals surface area contributed by atoms with Crippen LogP contribution in [0, 0.1) is 20.2 Å². The largest absolute Gasteiger partial charge is 0.460 e. The number of hydrogen-bond acceptors (Lipinski definition) is 9. The summed E-state index contributed by atoms with van der Waals surface area (Å²) in [6, 6.07) is 3.36. The van der Waals surface area contributed by atoms with Gasteiger partial charge < -0.3 is 19.5 Å². The molecule has 0 radical (unpaired) electrons. The van der Waals surface area contributed by atoms with E-state index in [0.717, 1.165) is 12.1 Å². The van der Waals surface area contributed by atoms with Crippen molar-refractivity contribution >= 4 is 23.0 Å². The lowest BCUT2D eigenvalue weighted by molar-refractivity contribution is -0.393. The molecule has 11 nitrogen and oxygen atoms in total. The van der Waals surface area contributed by atoms with Crippen molar-refractivity contribution in [2.24, 2.45) is 0 Å². The van der Waals surface area contributed by atoms with Crippen molar-refractivity contribution in [1.29, 1.82) is 0 Å². The zero-order chi connectivity index (χ0) is 19.4. The Bertz CT molecular complexity index is 650. The normalized spacial score (nSPS) is 10.2. The fourth-order valence-electron chi connectivity index (χ4n) is 1.77. The number of non-ortho nitro benzene ring substituents is 1. The predicted molar refractivity (Wildman–Crippen MR) is 91.0 cm³/mol. The molecular weight excluding hydrogens is 350 g/mol. The molecule has 0 saturated carbocycles. The molecule has 0 aromatic heterocycles. The van der Waals surface area contributed by atoms with E-state index in [1.54, 1.807) is 0 Å². The lowest BCUT2D eigenvalue weighted by Gasteiger charge is -2.08. The molecule has 1 aromatic carbocycles. The van der Waals surface area contributed by atoms with Crippen LogP contribution in [-0.2, 0) is 19.0 Å². The van der Waals surface area contributed by atoms with E-state index in [2.05, 4.69) is 11.9 Å².